The van der Waals surface area contributed by atoms with Crippen LogP contribution in [0.3, 0.4) is 0 Å². The molecule has 0 saturated heterocycles. The van der Waals surface area contributed by atoms with Gasteiger partial charge in [0.1, 0.15) is 0 Å². The van der Waals surface area contributed by atoms with Crippen LogP contribution in [0.1, 0.15) is 44.8 Å². The second-order valence-electron chi connectivity index (χ2n) is 4.51. The van der Waals surface area contributed by atoms with Crippen molar-refractivity contribution in [1.82, 2.24) is 0 Å². The van der Waals surface area contributed by atoms with E-state index in [2.05, 4.69) is 40.9 Å². The smallest absolute Gasteiger partial charge is 0.0782 e. The van der Waals surface area contributed by atoms with E-state index in [0.29, 0.717) is 0 Å². The van der Waals surface area contributed by atoms with Crippen LogP contribution >= 0.6 is 15.9 Å². The van der Waals surface area contributed by atoms with Gasteiger partial charge in [0.05, 0.1) is 6.10 Å². The van der Waals surface area contributed by atoms with E-state index in [1.807, 2.05) is 19.1 Å². The Morgan fingerprint density at radius 3 is 2.65 bits per heavy atom. The molecule has 1 unspecified atom stereocenters. The van der Waals surface area contributed by atoms with Gasteiger partial charge < -0.3 is 10.0 Å². The van der Waals surface area contributed by atoms with Crippen molar-refractivity contribution in [3.05, 3.63) is 28.2 Å². The molecule has 96 valence electrons. The Morgan fingerprint density at radius 1 is 1.35 bits per heavy atom. The van der Waals surface area contributed by atoms with E-state index in [-0.39, 0.29) is 0 Å². The zero-order valence-electron chi connectivity index (χ0n) is 10.9. The van der Waals surface area contributed by atoms with E-state index < -0.39 is 6.10 Å². The van der Waals surface area contributed by atoms with Gasteiger partial charge in [-0.3, -0.25) is 0 Å². The summed E-state index contributed by atoms with van der Waals surface area (Å²) in [4.78, 5) is 2.22. The number of benzene rings is 1. The summed E-state index contributed by atoms with van der Waals surface area (Å²) < 4.78 is 1.05. The van der Waals surface area contributed by atoms with Crippen molar-refractivity contribution in [1.29, 1.82) is 0 Å². The van der Waals surface area contributed by atoms with Crippen LogP contribution in [0.2, 0.25) is 0 Å². The minimum absolute atomic E-state index is 0.424. The average Bonchev–Trinajstić information content (AvgIpc) is 2.28. The fourth-order valence-electron chi connectivity index (χ4n) is 1.92. The van der Waals surface area contributed by atoms with Gasteiger partial charge in [-0.1, -0.05) is 41.8 Å². The van der Waals surface area contributed by atoms with Crippen molar-refractivity contribution in [2.45, 2.75) is 39.2 Å². The number of halogens is 1. The van der Waals surface area contributed by atoms with Crippen LogP contribution in [0.4, 0.5) is 5.69 Å². The normalized spacial score (nSPS) is 12.5. The lowest BCUT2D eigenvalue weighted by atomic mass is 10.1. The summed E-state index contributed by atoms with van der Waals surface area (Å²) in [6.45, 7) is 5.05. The lowest BCUT2D eigenvalue weighted by molar-refractivity contribution is 0.199. The van der Waals surface area contributed by atoms with Crippen LogP contribution in [0.5, 0.6) is 0 Å². The maximum atomic E-state index is 9.77. The maximum absolute atomic E-state index is 9.77. The molecule has 0 amide bonds. The standard InChI is InChI=1S/C14H22BrNO/c1-4-5-6-9-16(3)14-10-12(15)7-8-13(14)11(2)17/h7-8,10-11,17H,4-6,9H2,1-3H3. The van der Waals surface area contributed by atoms with Gasteiger partial charge in [-0.25, -0.2) is 0 Å². The first-order valence-electron chi connectivity index (χ1n) is 6.25. The quantitative estimate of drug-likeness (QED) is 0.799. The molecule has 0 aliphatic carbocycles. The van der Waals surface area contributed by atoms with Crippen LogP contribution in [-0.2, 0) is 0 Å². The van der Waals surface area contributed by atoms with E-state index in [1.54, 1.807) is 0 Å². The number of rotatable bonds is 6. The van der Waals surface area contributed by atoms with Crippen LogP contribution < -0.4 is 4.90 Å². The van der Waals surface area contributed by atoms with E-state index >= 15 is 0 Å². The first-order chi connectivity index (χ1) is 8.06. The molecule has 0 spiro atoms. The van der Waals surface area contributed by atoms with Gasteiger partial charge in [-0.05, 0) is 25.5 Å². The molecule has 1 aromatic carbocycles. The minimum Gasteiger partial charge on any atom is -0.389 e. The first-order valence-corrected chi connectivity index (χ1v) is 7.04. The Hall–Kier alpha value is -0.540. The maximum Gasteiger partial charge on any atom is 0.0782 e. The van der Waals surface area contributed by atoms with Crippen molar-refractivity contribution in [3.8, 4) is 0 Å². The molecule has 17 heavy (non-hydrogen) atoms. The van der Waals surface area contributed by atoms with Crippen molar-refractivity contribution >= 4 is 21.6 Å². The lowest BCUT2D eigenvalue weighted by Crippen LogP contribution is -2.20. The summed E-state index contributed by atoms with van der Waals surface area (Å²) in [6, 6.07) is 6.04. The molecule has 1 aromatic rings. The Kier molecular flexibility index (Phi) is 6.00. The number of unbranched alkanes of at least 4 members (excludes halogenated alkanes) is 2. The van der Waals surface area contributed by atoms with Crippen molar-refractivity contribution in [3.63, 3.8) is 0 Å². The Balaban J connectivity index is 2.82. The molecule has 2 nitrogen and oxygen atoms in total. The highest BCUT2D eigenvalue weighted by Crippen LogP contribution is 2.29. The molecular formula is C14H22BrNO. The highest BCUT2D eigenvalue weighted by molar-refractivity contribution is 9.10. The second kappa shape index (κ2) is 7.02. The zero-order chi connectivity index (χ0) is 12.8. The fraction of sp³-hybridized carbons (Fsp3) is 0.571. The summed E-state index contributed by atoms with van der Waals surface area (Å²) in [5.41, 5.74) is 2.11. The topological polar surface area (TPSA) is 23.5 Å². The predicted octanol–water partition coefficient (Wildman–Crippen LogP) is 4.13. The molecular weight excluding hydrogens is 278 g/mol. The molecule has 0 aliphatic heterocycles. The predicted molar refractivity (Wildman–Crippen MR) is 77.6 cm³/mol. The third-order valence-electron chi connectivity index (χ3n) is 2.95. The van der Waals surface area contributed by atoms with E-state index in [4.69, 9.17) is 0 Å². The van der Waals surface area contributed by atoms with Crippen LogP contribution in [-0.4, -0.2) is 18.7 Å². The highest BCUT2D eigenvalue weighted by atomic mass is 79.9. The highest BCUT2D eigenvalue weighted by Gasteiger charge is 2.11. The number of hydrogen-bond donors (Lipinski definition) is 1. The number of nitrogens with zero attached hydrogens (tertiary/aromatic N) is 1. The largest absolute Gasteiger partial charge is 0.389 e. The van der Waals surface area contributed by atoms with E-state index in [1.165, 1.54) is 19.3 Å². The molecule has 1 rings (SSSR count). The van der Waals surface area contributed by atoms with E-state index in [9.17, 15) is 5.11 Å². The number of aliphatic hydroxyl groups excluding tert-OH is 1. The summed E-state index contributed by atoms with van der Waals surface area (Å²) in [7, 11) is 2.09. The molecule has 0 radical (unpaired) electrons. The molecule has 1 N–H and O–H groups in total. The zero-order valence-corrected chi connectivity index (χ0v) is 12.5. The van der Waals surface area contributed by atoms with Crippen LogP contribution in [0.25, 0.3) is 0 Å². The monoisotopic (exact) mass is 299 g/mol. The van der Waals surface area contributed by atoms with Gasteiger partial charge in [-0.15, -0.1) is 0 Å². The fourth-order valence-corrected chi connectivity index (χ4v) is 2.27. The molecule has 0 aliphatic rings. The Bertz CT molecular complexity index is 352. The first kappa shape index (κ1) is 14.5. The van der Waals surface area contributed by atoms with Crippen molar-refractivity contribution in [2.24, 2.45) is 0 Å². The number of anilines is 1. The average molecular weight is 300 g/mol. The SMILES string of the molecule is CCCCCN(C)c1cc(Br)ccc1C(C)O. The molecule has 3 heteroatoms. The molecule has 0 heterocycles. The number of aliphatic hydroxyl groups is 1. The van der Waals surface area contributed by atoms with Gasteiger partial charge >= 0.3 is 0 Å². The van der Waals surface area contributed by atoms with Gasteiger partial charge in [-0.2, -0.15) is 0 Å². The van der Waals surface area contributed by atoms with Gasteiger partial charge in [0.25, 0.3) is 0 Å². The molecule has 0 bridgehead atoms. The molecule has 0 saturated carbocycles. The molecule has 1 atom stereocenters. The van der Waals surface area contributed by atoms with Crippen LogP contribution in [0, 0.1) is 0 Å². The third kappa shape index (κ3) is 4.32. The minimum atomic E-state index is -0.424. The number of hydrogen-bond acceptors (Lipinski definition) is 2. The van der Waals surface area contributed by atoms with E-state index in [0.717, 1.165) is 22.3 Å². The Morgan fingerprint density at radius 2 is 2.06 bits per heavy atom. The molecule has 0 fully saturated rings. The van der Waals surface area contributed by atoms with Crippen molar-refractivity contribution < 1.29 is 5.11 Å². The Labute approximate surface area is 113 Å². The summed E-state index contributed by atoms with van der Waals surface area (Å²) in [5, 5.41) is 9.77. The van der Waals surface area contributed by atoms with Gasteiger partial charge in [0.2, 0.25) is 0 Å². The van der Waals surface area contributed by atoms with Crippen molar-refractivity contribution in [2.75, 3.05) is 18.5 Å². The molecule has 0 aromatic heterocycles. The third-order valence-corrected chi connectivity index (χ3v) is 3.44. The summed E-state index contributed by atoms with van der Waals surface area (Å²) >= 11 is 3.49. The lowest BCUT2D eigenvalue weighted by Gasteiger charge is -2.24. The van der Waals surface area contributed by atoms with Crippen LogP contribution in [0.15, 0.2) is 22.7 Å². The van der Waals surface area contributed by atoms with Gasteiger partial charge in [0.15, 0.2) is 0 Å². The second-order valence-corrected chi connectivity index (χ2v) is 5.42. The summed E-state index contributed by atoms with van der Waals surface area (Å²) in [5.74, 6) is 0. The van der Waals surface area contributed by atoms with Gasteiger partial charge in [0, 0.05) is 29.3 Å². The summed E-state index contributed by atoms with van der Waals surface area (Å²) in [6.07, 6.45) is 3.25.